The molecule has 1 saturated carbocycles. The van der Waals surface area contributed by atoms with E-state index in [2.05, 4.69) is 21.4 Å². The number of hydrogen-bond acceptors (Lipinski definition) is 6. The quantitative estimate of drug-likeness (QED) is 0.503. The zero-order chi connectivity index (χ0) is 17.9. The van der Waals surface area contributed by atoms with Gasteiger partial charge in [-0.25, -0.2) is 9.97 Å². The first-order valence-corrected chi connectivity index (χ1v) is 9.35. The highest BCUT2D eigenvalue weighted by atomic mass is 16.6. The van der Waals surface area contributed by atoms with Crippen LogP contribution in [0.5, 0.6) is 0 Å². The highest BCUT2D eigenvalue weighted by Gasteiger charge is 2.32. The zero-order valence-corrected chi connectivity index (χ0v) is 14.7. The number of aromatic nitrogens is 2. The molecule has 1 aliphatic heterocycles. The van der Waals surface area contributed by atoms with E-state index in [1.54, 1.807) is 0 Å². The Morgan fingerprint density at radius 1 is 1.12 bits per heavy atom. The summed E-state index contributed by atoms with van der Waals surface area (Å²) in [7, 11) is 0. The molecule has 0 amide bonds. The highest BCUT2D eigenvalue weighted by molar-refractivity contribution is 5.78. The maximum absolute atomic E-state index is 11.9. The summed E-state index contributed by atoms with van der Waals surface area (Å²) in [5.74, 6) is 0.724. The zero-order valence-electron chi connectivity index (χ0n) is 14.7. The van der Waals surface area contributed by atoms with Gasteiger partial charge in [0.15, 0.2) is 0 Å². The first kappa shape index (κ1) is 16.8. The van der Waals surface area contributed by atoms with Crippen molar-refractivity contribution >= 4 is 23.0 Å². The second kappa shape index (κ2) is 7.27. The minimum atomic E-state index is -0.352. The highest BCUT2D eigenvalue weighted by Crippen LogP contribution is 2.40. The second-order valence-electron chi connectivity index (χ2n) is 7.01. The third kappa shape index (κ3) is 3.21. The van der Waals surface area contributed by atoms with Crippen LogP contribution >= 0.6 is 0 Å². The number of fused-ring (bicyclic) bond motifs is 1. The van der Waals surface area contributed by atoms with Gasteiger partial charge in [-0.2, -0.15) is 0 Å². The fraction of sp³-hybridized carbons (Fsp3) is 0.474. The summed E-state index contributed by atoms with van der Waals surface area (Å²) in [5, 5.41) is 15.2. The molecule has 1 aromatic heterocycles. The first-order chi connectivity index (χ1) is 12.7. The van der Waals surface area contributed by atoms with E-state index in [1.807, 2.05) is 23.1 Å². The Hall–Kier alpha value is -2.70. The van der Waals surface area contributed by atoms with Crippen LogP contribution in [0.2, 0.25) is 0 Å². The van der Waals surface area contributed by atoms with E-state index < -0.39 is 0 Å². The maximum atomic E-state index is 11.9. The number of nitrogens with zero attached hydrogens (tertiary/aromatic N) is 4. The molecule has 0 atom stereocenters. The van der Waals surface area contributed by atoms with E-state index in [0.717, 1.165) is 37.8 Å². The van der Waals surface area contributed by atoms with E-state index in [-0.39, 0.29) is 16.7 Å². The molecule has 26 heavy (non-hydrogen) atoms. The lowest BCUT2D eigenvalue weighted by molar-refractivity contribution is -0.383. The van der Waals surface area contributed by atoms with Crippen molar-refractivity contribution in [1.82, 2.24) is 9.97 Å². The van der Waals surface area contributed by atoms with Crippen molar-refractivity contribution in [3.63, 3.8) is 0 Å². The summed E-state index contributed by atoms with van der Waals surface area (Å²) in [5.41, 5.74) is 2.17. The number of hydrogen-bond donors (Lipinski definition) is 1. The molecule has 0 saturated heterocycles. The summed E-state index contributed by atoms with van der Waals surface area (Å²) < 4.78 is 0. The molecule has 1 N–H and O–H groups in total. The van der Waals surface area contributed by atoms with Crippen LogP contribution in [-0.2, 0) is 6.42 Å². The van der Waals surface area contributed by atoms with Crippen molar-refractivity contribution in [3.05, 3.63) is 46.3 Å². The normalized spacial score (nSPS) is 17.6. The average molecular weight is 353 g/mol. The van der Waals surface area contributed by atoms with E-state index in [0.29, 0.717) is 18.2 Å². The fourth-order valence-corrected chi connectivity index (χ4v) is 4.02. The van der Waals surface area contributed by atoms with Gasteiger partial charge < -0.3 is 10.2 Å². The largest absolute Gasteiger partial charge is 0.361 e. The first-order valence-electron chi connectivity index (χ1n) is 9.35. The molecular weight excluding hydrogens is 330 g/mol. The number of nitro groups is 1. The van der Waals surface area contributed by atoms with E-state index in [1.165, 1.54) is 24.7 Å². The van der Waals surface area contributed by atoms with E-state index in [4.69, 9.17) is 0 Å². The number of rotatable bonds is 4. The molecule has 0 bridgehead atoms. The van der Waals surface area contributed by atoms with Crippen LogP contribution < -0.4 is 10.2 Å². The van der Waals surface area contributed by atoms with Crippen molar-refractivity contribution in [2.75, 3.05) is 16.8 Å². The lowest BCUT2D eigenvalue weighted by Gasteiger charge is -2.21. The van der Waals surface area contributed by atoms with Gasteiger partial charge in [-0.05, 0) is 30.9 Å². The number of anilines is 3. The summed E-state index contributed by atoms with van der Waals surface area (Å²) in [4.78, 5) is 22.0. The molecule has 1 aromatic carbocycles. The third-order valence-electron chi connectivity index (χ3n) is 5.32. The Bertz CT molecular complexity index is 802. The topological polar surface area (TPSA) is 84.2 Å². The molecule has 2 aromatic rings. The summed E-state index contributed by atoms with van der Waals surface area (Å²) in [6.07, 6.45) is 9.14. The van der Waals surface area contributed by atoms with Gasteiger partial charge in [-0.15, -0.1) is 0 Å². The smallest absolute Gasteiger partial charge is 0.353 e. The van der Waals surface area contributed by atoms with E-state index in [9.17, 15) is 10.1 Å². The Balaban J connectivity index is 1.69. The number of nitrogens with one attached hydrogen (secondary N) is 1. The van der Waals surface area contributed by atoms with Gasteiger partial charge in [-0.1, -0.05) is 43.9 Å². The molecule has 7 nitrogen and oxygen atoms in total. The van der Waals surface area contributed by atoms with Crippen molar-refractivity contribution in [1.29, 1.82) is 0 Å². The molecule has 1 fully saturated rings. The molecule has 0 unspecified atom stereocenters. The molecule has 4 rings (SSSR count). The van der Waals surface area contributed by atoms with Gasteiger partial charge >= 0.3 is 5.69 Å². The van der Waals surface area contributed by atoms with Crippen molar-refractivity contribution < 1.29 is 4.92 Å². The van der Waals surface area contributed by atoms with Gasteiger partial charge in [0.1, 0.15) is 6.33 Å². The minimum Gasteiger partial charge on any atom is -0.361 e. The molecule has 0 radical (unpaired) electrons. The SMILES string of the molecule is O=[N+]([O-])c1c(NC2CCCCCC2)ncnc1N1CCc2ccccc21. The molecule has 0 spiro atoms. The molecular formula is C19H23N5O2. The molecule has 2 aliphatic rings. The van der Waals surface area contributed by atoms with Gasteiger partial charge in [0.2, 0.25) is 11.6 Å². The van der Waals surface area contributed by atoms with Gasteiger partial charge in [0.05, 0.1) is 4.92 Å². The van der Waals surface area contributed by atoms with Crippen molar-refractivity contribution in [2.45, 2.75) is 51.0 Å². The van der Waals surface area contributed by atoms with Crippen LogP contribution in [0, 0.1) is 10.1 Å². The molecule has 1 aliphatic carbocycles. The second-order valence-corrected chi connectivity index (χ2v) is 7.01. The Kier molecular flexibility index (Phi) is 4.69. The van der Waals surface area contributed by atoms with Crippen LogP contribution in [0.4, 0.5) is 23.0 Å². The van der Waals surface area contributed by atoms with Crippen LogP contribution in [0.1, 0.15) is 44.1 Å². The third-order valence-corrected chi connectivity index (χ3v) is 5.32. The Labute approximate surface area is 152 Å². The summed E-state index contributed by atoms with van der Waals surface area (Å²) in [6.45, 7) is 0.695. The van der Waals surface area contributed by atoms with Crippen LogP contribution in [-0.4, -0.2) is 27.5 Å². The Morgan fingerprint density at radius 3 is 2.65 bits per heavy atom. The standard InChI is InChI=1S/C19H23N5O2/c25-24(26)17-18(22-15-8-3-1-2-4-9-15)20-13-21-19(17)23-12-11-14-7-5-6-10-16(14)23/h5-7,10,13,15H,1-4,8-9,11-12H2,(H,20,21,22). The van der Waals surface area contributed by atoms with E-state index >= 15 is 0 Å². The van der Waals surface area contributed by atoms with Gasteiger partial charge in [0.25, 0.3) is 0 Å². The van der Waals surface area contributed by atoms with Crippen LogP contribution in [0.3, 0.4) is 0 Å². The van der Waals surface area contributed by atoms with Crippen LogP contribution in [0.25, 0.3) is 0 Å². The monoisotopic (exact) mass is 353 g/mol. The predicted molar refractivity (Wildman–Crippen MR) is 101 cm³/mol. The summed E-state index contributed by atoms with van der Waals surface area (Å²) in [6, 6.07) is 8.24. The average Bonchev–Trinajstić information content (AvgIpc) is 2.91. The summed E-state index contributed by atoms with van der Waals surface area (Å²) >= 11 is 0. The molecule has 7 heteroatoms. The van der Waals surface area contributed by atoms with Crippen molar-refractivity contribution in [3.8, 4) is 0 Å². The molecule has 136 valence electrons. The predicted octanol–water partition coefficient (Wildman–Crippen LogP) is 4.21. The van der Waals surface area contributed by atoms with Gasteiger partial charge in [-0.3, -0.25) is 10.1 Å². The lowest BCUT2D eigenvalue weighted by atomic mass is 10.1. The Morgan fingerprint density at radius 2 is 1.88 bits per heavy atom. The number of benzene rings is 1. The maximum Gasteiger partial charge on any atom is 0.353 e. The minimum absolute atomic E-state index is 0.0200. The van der Waals surface area contributed by atoms with Crippen molar-refractivity contribution in [2.24, 2.45) is 0 Å². The van der Waals surface area contributed by atoms with Crippen LogP contribution in [0.15, 0.2) is 30.6 Å². The van der Waals surface area contributed by atoms with Gasteiger partial charge in [0, 0.05) is 18.3 Å². The fourth-order valence-electron chi connectivity index (χ4n) is 4.02. The molecule has 2 heterocycles. The number of para-hydroxylation sites is 1. The lowest BCUT2D eigenvalue weighted by Crippen LogP contribution is -2.22.